The van der Waals surface area contributed by atoms with Crippen molar-refractivity contribution in [3.63, 3.8) is 0 Å². The molecule has 7 heteroatoms. The summed E-state index contributed by atoms with van der Waals surface area (Å²) in [5.74, 6) is -0.0688. The van der Waals surface area contributed by atoms with Gasteiger partial charge in [0.1, 0.15) is 30.4 Å². The van der Waals surface area contributed by atoms with Crippen LogP contribution in [-0.4, -0.2) is 27.4 Å². The molecule has 106 valence electrons. The molecule has 0 radical (unpaired) electrons. The van der Waals surface area contributed by atoms with Crippen molar-refractivity contribution in [3.8, 4) is 5.75 Å². The van der Waals surface area contributed by atoms with Crippen LogP contribution in [-0.2, 0) is 17.9 Å². The highest BCUT2D eigenvalue weighted by Crippen LogP contribution is 2.13. The third-order valence-electron chi connectivity index (χ3n) is 2.45. The molecular formula is C13H15FN4O2. The van der Waals surface area contributed by atoms with Crippen LogP contribution < -0.4 is 10.1 Å². The second kappa shape index (κ2) is 6.65. The number of nitrogens with zero attached hydrogens (tertiary/aromatic N) is 3. The number of amides is 1. The van der Waals surface area contributed by atoms with Crippen LogP contribution in [0.4, 0.5) is 4.39 Å². The maximum Gasteiger partial charge on any atom is 0.241 e. The van der Waals surface area contributed by atoms with E-state index in [1.807, 2.05) is 6.92 Å². The average molecular weight is 278 g/mol. The number of carbonyl (C=O) groups excluding carboxylic acids is 1. The Balaban J connectivity index is 1.88. The number of benzene rings is 1. The molecule has 0 bridgehead atoms. The fourth-order valence-electron chi connectivity index (χ4n) is 1.60. The number of halogens is 1. The summed E-state index contributed by atoms with van der Waals surface area (Å²) in [4.78, 5) is 11.4. The lowest BCUT2D eigenvalue weighted by molar-refractivity contribution is -0.121. The van der Waals surface area contributed by atoms with Crippen molar-refractivity contribution in [2.24, 2.45) is 0 Å². The van der Waals surface area contributed by atoms with E-state index in [4.69, 9.17) is 4.74 Å². The van der Waals surface area contributed by atoms with Gasteiger partial charge < -0.3 is 10.1 Å². The summed E-state index contributed by atoms with van der Waals surface area (Å²) in [5.41, 5.74) is 0.568. The van der Waals surface area contributed by atoms with E-state index in [1.54, 1.807) is 18.3 Å². The van der Waals surface area contributed by atoms with Crippen molar-refractivity contribution in [1.29, 1.82) is 0 Å². The second-order valence-electron chi connectivity index (χ2n) is 4.11. The topological polar surface area (TPSA) is 69.0 Å². The van der Waals surface area contributed by atoms with Crippen molar-refractivity contribution < 1.29 is 13.9 Å². The number of ether oxygens (including phenoxy) is 1. The molecular weight excluding hydrogens is 263 g/mol. The van der Waals surface area contributed by atoms with Gasteiger partial charge in [-0.3, -0.25) is 4.79 Å². The van der Waals surface area contributed by atoms with Crippen LogP contribution in [0.25, 0.3) is 0 Å². The van der Waals surface area contributed by atoms with Gasteiger partial charge in [0, 0.05) is 12.6 Å². The van der Waals surface area contributed by atoms with E-state index in [0.29, 0.717) is 18.0 Å². The third-order valence-corrected chi connectivity index (χ3v) is 2.45. The van der Waals surface area contributed by atoms with Crippen LogP contribution in [0.3, 0.4) is 0 Å². The summed E-state index contributed by atoms with van der Waals surface area (Å²) in [6, 6.07) is 5.85. The van der Waals surface area contributed by atoms with E-state index in [-0.39, 0.29) is 24.9 Å². The van der Waals surface area contributed by atoms with Crippen molar-refractivity contribution in [2.75, 3.05) is 6.54 Å². The predicted molar refractivity (Wildman–Crippen MR) is 69.4 cm³/mol. The minimum Gasteiger partial charge on any atom is -0.487 e. The van der Waals surface area contributed by atoms with Gasteiger partial charge in [-0.25, -0.2) is 9.07 Å². The SMILES string of the molecule is CCNC(=O)Cn1cc(COc2cccc(F)c2)nn1. The molecule has 0 saturated carbocycles. The lowest BCUT2D eigenvalue weighted by Gasteiger charge is -2.03. The Bertz CT molecular complexity index is 585. The highest BCUT2D eigenvalue weighted by molar-refractivity contribution is 5.75. The summed E-state index contributed by atoms with van der Waals surface area (Å²) in [5, 5.41) is 10.4. The van der Waals surface area contributed by atoms with Gasteiger partial charge in [-0.05, 0) is 19.1 Å². The minimum atomic E-state index is -0.359. The zero-order valence-corrected chi connectivity index (χ0v) is 11.0. The lowest BCUT2D eigenvalue weighted by atomic mass is 10.3. The van der Waals surface area contributed by atoms with E-state index < -0.39 is 0 Å². The van der Waals surface area contributed by atoms with Crippen LogP contribution >= 0.6 is 0 Å². The normalized spacial score (nSPS) is 10.3. The van der Waals surface area contributed by atoms with E-state index in [9.17, 15) is 9.18 Å². The lowest BCUT2D eigenvalue weighted by Crippen LogP contribution is -2.27. The largest absolute Gasteiger partial charge is 0.487 e. The molecule has 1 amide bonds. The summed E-state index contributed by atoms with van der Waals surface area (Å²) in [6.07, 6.45) is 1.62. The van der Waals surface area contributed by atoms with Crippen molar-refractivity contribution in [2.45, 2.75) is 20.1 Å². The first-order valence-electron chi connectivity index (χ1n) is 6.21. The Morgan fingerprint density at radius 3 is 3.10 bits per heavy atom. The molecule has 0 aliphatic rings. The Morgan fingerprint density at radius 1 is 1.50 bits per heavy atom. The number of carbonyl (C=O) groups is 1. The molecule has 0 atom stereocenters. The highest BCUT2D eigenvalue weighted by atomic mass is 19.1. The van der Waals surface area contributed by atoms with E-state index >= 15 is 0 Å². The molecule has 0 saturated heterocycles. The zero-order chi connectivity index (χ0) is 14.4. The Morgan fingerprint density at radius 2 is 2.35 bits per heavy atom. The van der Waals surface area contributed by atoms with E-state index in [1.165, 1.54) is 16.8 Å². The fraction of sp³-hybridized carbons (Fsp3) is 0.308. The van der Waals surface area contributed by atoms with E-state index in [0.717, 1.165) is 0 Å². The molecule has 0 spiro atoms. The van der Waals surface area contributed by atoms with Crippen molar-refractivity contribution in [3.05, 3.63) is 42.0 Å². The quantitative estimate of drug-likeness (QED) is 0.860. The first-order chi connectivity index (χ1) is 9.67. The molecule has 1 aromatic heterocycles. The smallest absolute Gasteiger partial charge is 0.241 e. The van der Waals surface area contributed by atoms with E-state index in [2.05, 4.69) is 15.6 Å². The van der Waals surface area contributed by atoms with Crippen LogP contribution in [0.5, 0.6) is 5.75 Å². The number of hydrogen-bond donors (Lipinski definition) is 1. The van der Waals surface area contributed by atoms with Gasteiger partial charge in [-0.2, -0.15) is 0 Å². The fourth-order valence-corrected chi connectivity index (χ4v) is 1.60. The first kappa shape index (κ1) is 14.0. The number of nitrogens with one attached hydrogen (secondary N) is 1. The number of aromatic nitrogens is 3. The summed E-state index contributed by atoms with van der Waals surface area (Å²) in [6.45, 7) is 2.69. The Kier molecular flexibility index (Phi) is 4.65. The molecule has 0 aliphatic carbocycles. The predicted octanol–water partition coefficient (Wildman–Crippen LogP) is 1.13. The van der Waals surface area contributed by atoms with Gasteiger partial charge in [0.05, 0.1) is 6.20 Å². The molecule has 1 N–H and O–H groups in total. The number of likely N-dealkylation sites (N-methyl/N-ethyl adjacent to an activating group) is 1. The number of hydrogen-bond acceptors (Lipinski definition) is 4. The Labute approximate surface area is 115 Å². The van der Waals surface area contributed by atoms with Crippen LogP contribution in [0.1, 0.15) is 12.6 Å². The molecule has 0 fully saturated rings. The monoisotopic (exact) mass is 278 g/mol. The van der Waals surface area contributed by atoms with Crippen LogP contribution in [0.2, 0.25) is 0 Å². The van der Waals surface area contributed by atoms with Gasteiger partial charge in [-0.15, -0.1) is 5.10 Å². The van der Waals surface area contributed by atoms with Crippen LogP contribution in [0.15, 0.2) is 30.5 Å². The summed E-state index contributed by atoms with van der Waals surface area (Å²) >= 11 is 0. The highest BCUT2D eigenvalue weighted by Gasteiger charge is 2.06. The molecule has 2 aromatic rings. The van der Waals surface area contributed by atoms with Gasteiger partial charge >= 0.3 is 0 Å². The Hall–Kier alpha value is -2.44. The second-order valence-corrected chi connectivity index (χ2v) is 4.11. The summed E-state index contributed by atoms with van der Waals surface area (Å²) in [7, 11) is 0. The van der Waals surface area contributed by atoms with Crippen molar-refractivity contribution in [1.82, 2.24) is 20.3 Å². The van der Waals surface area contributed by atoms with Gasteiger partial charge in [0.25, 0.3) is 0 Å². The maximum atomic E-state index is 13.0. The summed E-state index contributed by atoms with van der Waals surface area (Å²) < 4.78 is 19.8. The molecule has 0 aliphatic heterocycles. The molecule has 6 nitrogen and oxygen atoms in total. The van der Waals surface area contributed by atoms with Gasteiger partial charge in [0.2, 0.25) is 5.91 Å². The standard InChI is InChI=1S/C13H15FN4O2/c1-2-15-13(19)8-18-7-11(16-17-18)9-20-12-5-3-4-10(14)6-12/h3-7H,2,8-9H2,1H3,(H,15,19). The molecule has 2 rings (SSSR count). The third kappa shape index (κ3) is 4.04. The zero-order valence-electron chi connectivity index (χ0n) is 11.0. The minimum absolute atomic E-state index is 0.112. The first-order valence-corrected chi connectivity index (χ1v) is 6.21. The average Bonchev–Trinajstić information content (AvgIpc) is 2.84. The molecule has 1 aromatic carbocycles. The van der Waals surface area contributed by atoms with Gasteiger partial charge in [0.15, 0.2) is 0 Å². The molecule has 0 unspecified atom stereocenters. The maximum absolute atomic E-state index is 13.0. The van der Waals surface area contributed by atoms with Gasteiger partial charge in [-0.1, -0.05) is 11.3 Å². The molecule has 1 heterocycles. The number of rotatable bonds is 6. The van der Waals surface area contributed by atoms with Crippen LogP contribution in [0, 0.1) is 5.82 Å². The molecule has 20 heavy (non-hydrogen) atoms. The van der Waals surface area contributed by atoms with Crippen molar-refractivity contribution >= 4 is 5.91 Å².